The van der Waals surface area contributed by atoms with Crippen molar-refractivity contribution in [3.63, 3.8) is 0 Å². The number of pyridine rings is 1. The normalized spacial score (nSPS) is 10.7. The van der Waals surface area contributed by atoms with Gasteiger partial charge in [0.1, 0.15) is 17.1 Å². The van der Waals surface area contributed by atoms with Crippen LogP contribution in [0.25, 0.3) is 16.9 Å². The summed E-state index contributed by atoms with van der Waals surface area (Å²) in [6.07, 6.45) is 3.87. The molecule has 146 valence electrons. The van der Waals surface area contributed by atoms with Crippen molar-refractivity contribution >= 4 is 28.8 Å². The molecule has 1 N–H and O–H groups in total. The lowest BCUT2D eigenvalue weighted by molar-refractivity contribution is 0.102. The molecule has 0 aliphatic carbocycles. The molecular weight excluding hydrogens is 390 g/mol. The van der Waals surface area contributed by atoms with Crippen molar-refractivity contribution in [3.8, 4) is 22.8 Å². The second-order valence-corrected chi connectivity index (χ2v) is 6.74. The largest absolute Gasteiger partial charge is 0.496 e. The molecule has 4 rings (SSSR count). The van der Waals surface area contributed by atoms with Crippen molar-refractivity contribution in [1.29, 1.82) is 0 Å². The lowest BCUT2D eigenvalue weighted by Crippen LogP contribution is -2.14. The molecule has 2 heterocycles. The van der Waals surface area contributed by atoms with Gasteiger partial charge in [0.2, 0.25) is 0 Å². The first-order chi connectivity index (χ1) is 14.1. The molecule has 0 aliphatic heterocycles. The minimum Gasteiger partial charge on any atom is -0.496 e. The van der Waals surface area contributed by atoms with Gasteiger partial charge < -0.3 is 19.2 Å². The number of carbonyl (C=O) groups excluding carboxylic acids is 1. The molecule has 4 aromatic rings. The van der Waals surface area contributed by atoms with Gasteiger partial charge in [-0.3, -0.25) is 4.79 Å². The number of nitrogens with one attached hydrogen (secondary N) is 1. The maximum atomic E-state index is 12.9. The van der Waals surface area contributed by atoms with E-state index in [9.17, 15) is 4.79 Å². The Kier molecular flexibility index (Phi) is 5.10. The average molecular weight is 408 g/mol. The monoisotopic (exact) mass is 407 g/mol. The molecule has 0 radical (unpaired) electrons. The van der Waals surface area contributed by atoms with Crippen LogP contribution in [0.15, 0.2) is 67.0 Å². The highest BCUT2D eigenvalue weighted by Gasteiger charge is 2.16. The molecular formula is C22H18ClN3O3. The molecule has 0 atom stereocenters. The number of nitrogens with zero attached hydrogens (tertiary/aromatic N) is 2. The Labute approximate surface area is 172 Å². The number of fused-ring (bicyclic) bond motifs is 1. The first-order valence-corrected chi connectivity index (χ1v) is 9.24. The fourth-order valence-electron chi connectivity index (χ4n) is 3.09. The number of rotatable bonds is 5. The number of anilines is 1. The van der Waals surface area contributed by atoms with Gasteiger partial charge in [-0.15, -0.1) is 0 Å². The predicted molar refractivity (Wildman–Crippen MR) is 113 cm³/mol. The van der Waals surface area contributed by atoms with Crippen LogP contribution in [-0.2, 0) is 0 Å². The zero-order chi connectivity index (χ0) is 20.4. The zero-order valence-electron chi connectivity index (χ0n) is 15.8. The minimum atomic E-state index is -0.352. The molecule has 29 heavy (non-hydrogen) atoms. The van der Waals surface area contributed by atoms with Crippen molar-refractivity contribution in [2.75, 3.05) is 19.5 Å². The Morgan fingerprint density at radius 2 is 1.83 bits per heavy atom. The van der Waals surface area contributed by atoms with Gasteiger partial charge >= 0.3 is 0 Å². The van der Waals surface area contributed by atoms with Crippen LogP contribution in [0.5, 0.6) is 11.5 Å². The molecule has 2 aromatic heterocycles. The summed E-state index contributed by atoms with van der Waals surface area (Å²) in [5.74, 6) is 0.615. The van der Waals surface area contributed by atoms with E-state index in [4.69, 9.17) is 21.1 Å². The van der Waals surface area contributed by atoms with Crippen LogP contribution < -0.4 is 14.8 Å². The molecule has 0 bridgehead atoms. The van der Waals surface area contributed by atoms with Crippen LogP contribution in [0.3, 0.4) is 0 Å². The van der Waals surface area contributed by atoms with E-state index in [1.54, 1.807) is 31.4 Å². The summed E-state index contributed by atoms with van der Waals surface area (Å²) in [5.41, 5.74) is 3.33. The fourth-order valence-corrected chi connectivity index (χ4v) is 3.26. The number of carbonyl (C=O) groups is 1. The molecule has 0 aliphatic rings. The summed E-state index contributed by atoms with van der Waals surface area (Å²) >= 11 is 6.05. The first-order valence-electron chi connectivity index (χ1n) is 8.86. The van der Waals surface area contributed by atoms with Gasteiger partial charge in [-0.05, 0) is 48.5 Å². The Bertz CT molecular complexity index is 1170. The highest BCUT2D eigenvalue weighted by atomic mass is 35.5. The number of methoxy groups -OCH3 is 2. The highest BCUT2D eigenvalue weighted by molar-refractivity contribution is 6.31. The van der Waals surface area contributed by atoms with E-state index in [1.807, 2.05) is 47.1 Å². The fraction of sp³-hybridized carbons (Fsp3) is 0.0909. The topological polar surface area (TPSA) is 64.9 Å². The highest BCUT2D eigenvalue weighted by Crippen LogP contribution is 2.32. The van der Waals surface area contributed by atoms with Gasteiger partial charge in [-0.2, -0.15) is 0 Å². The maximum Gasteiger partial charge on any atom is 0.259 e. The predicted octanol–water partition coefficient (Wildman–Crippen LogP) is 4.92. The summed E-state index contributed by atoms with van der Waals surface area (Å²) in [6, 6.07) is 16.2. The number of aromatic nitrogens is 2. The number of hydrogen-bond donors (Lipinski definition) is 1. The van der Waals surface area contributed by atoms with Gasteiger partial charge in [0, 0.05) is 23.0 Å². The third-order valence-corrected chi connectivity index (χ3v) is 4.75. The molecule has 0 saturated carbocycles. The lowest BCUT2D eigenvalue weighted by Gasteiger charge is -2.13. The van der Waals surface area contributed by atoms with Crippen LogP contribution in [0, 0.1) is 0 Å². The van der Waals surface area contributed by atoms with Crippen molar-refractivity contribution in [3.05, 3.63) is 77.6 Å². The van der Waals surface area contributed by atoms with Crippen LogP contribution >= 0.6 is 11.6 Å². The molecule has 1 amide bonds. The molecule has 6 nitrogen and oxygen atoms in total. The van der Waals surface area contributed by atoms with Crippen molar-refractivity contribution < 1.29 is 14.3 Å². The molecule has 0 saturated heterocycles. The van der Waals surface area contributed by atoms with E-state index in [2.05, 4.69) is 10.3 Å². The van der Waals surface area contributed by atoms with E-state index in [0.717, 1.165) is 16.9 Å². The smallest absolute Gasteiger partial charge is 0.259 e. The third-order valence-electron chi connectivity index (χ3n) is 4.51. The number of ether oxygens (including phenoxy) is 2. The minimum absolute atomic E-state index is 0.334. The van der Waals surface area contributed by atoms with Crippen LogP contribution in [0.1, 0.15) is 10.4 Å². The molecule has 0 fully saturated rings. The molecule has 0 spiro atoms. The summed E-state index contributed by atoms with van der Waals surface area (Å²) < 4.78 is 12.6. The summed E-state index contributed by atoms with van der Waals surface area (Å²) in [7, 11) is 3.06. The molecule has 0 unspecified atom stereocenters. The van der Waals surface area contributed by atoms with Crippen molar-refractivity contribution in [2.24, 2.45) is 0 Å². The quantitative estimate of drug-likeness (QED) is 0.509. The number of imidazole rings is 1. The van der Waals surface area contributed by atoms with E-state index in [0.29, 0.717) is 27.8 Å². The number of amides is 1. The number of benzene rings is 2. The Balaban J connectivity index is 1.70. The van der Waals surface area contributed by atoms with E-state index < -0.39 is 0 Å². The first kappa shape index (κ1) is 18.8. The Morgan fingerprint density at radius 3 is 2.59 bits per heavy atom. The lowest BCUT2D eigenvalue weighted by atomic mass is 10.1. The standard InChI is InChI=1S/C22H18ClN3O3/c1-28-19-9-7-15(23)12-16(19)22(27)25-17-11-14(6-8-20(17)29-2)18-13-26-10-4-3-5-21(26)24-18/h3-13H,1-2H3,(H,25,27). The summed E-state index contributed by atoms with van der Waals surface area (Å²) in [6.45, 7) is 0. The number of halogens is 1. The molecule has 2 aromatic carbocycles. The Morgan fingerprint density at radius 1 is 1.03 bits per heavy atom. The SMILES string of the molecule is COc1ccc(-c2cn3ccccc3n2)cc1NC(=O)c1cc(Cl)ccc1OC. The molecule has 7 heteroatoms. The second-order valence-electron chi connectivity index (χ2n) is 6.31. The van der Waals surface area contributed by atoms with Gasteiger partial charge in [0.15, 0.2) is 0 Å². The van der Waals surface area contributed by atoms with Crippen LogP contribution in [-0.4, -0.2) is 29.5 Å². The van der Waals surface area contributed by atoms with E-state index in [1.165, 1.54) is 7.11 Å². The van der Waals surface area contributed by atoms with Crippen LogP contribution in [0.2, 0.25) is 5.02 Å². The zero-order valence-corrected chi connectivity index (χ0v) is 16.6. The Hall–Kier alpha value is -3.51. The average Bonchev–Trinajstić information content (AvgIpc) is 3.18. The van der Waals surface area contributed by atoms with Gasteiger partial charge in [0.05, 0.1) is 31.2 Å². The van der Waals surface area contributed by atoms with Gasteiger partial charge in [-0.1, -0.05) is 17.7 Å². The summed E-state index contributed by atoms with van der Waals surface area (Å²) in [5, 5.41) is 3.33. The van der Waals surface area contributed by atoms with Gasteiger partial charge in [-0.25, -0.2) is 4.98 Å². The third kappa shape index (κ3) is 3.75. The van der Waals surface area contributed by atoms with E-state index in [-0.39, 0.29) is 5.91 Å². The van der Waals surface area contributed by atoms with E-state index >= 15 is 0 Å². The van der Waals surface area contributed by atoms with Crippen molar-refractivity contribution in [2.45, 2.75) is 0 Å². The van der Waals surface area contributed by atoms with Crippen molar-refractivity contribution in [1.82, 2.24) is 9.38 Å². The second kappa shape index (κ2) is 7.85. The maximum absolute atomic E-state index is 12.9. The summed E-state index contributed by atoms with van der Waals surface area (Å²) in [4.78, 5) is 17.5. The van der Waals surface area contributed by atoms with Gasteiger partial charge in [0.25, 0.3) is 5.91 Å². The van der Waals surface area contributed by atoms with Crippen LogP contribution in [0.4, 0.5) is 5.69 Å². The number of hydrogen-bond acceptors (Lipinski definition) is 4.